The van der Waals surface area contributed by atoms with E-state index >= 15 is 0 Å². The van der Waals surface area contributed by atoms with Crippen LogP contribution in [0.1, 0.15) is 44.4 Å². The second kappa shape index (κ2) is 7.88. The third-order valence-electron chi connectivity index (χ3n) is 5.61. The average molecular weight is 359 g/mol. The highest BCUT2D eigenvalue weighted by Gasteiger charge is 2.32. The van der Waals surface area contributed by atoms with Gasteiger partial charge in [-0.3, -0.25) is 9.69 Å². The number of hydrogen-bond donors (Lipinski definition) is 0. The van der Waals surface area contributed by atoms with Gasteiger partial charge in [-0.2, -0.15) is 0 Å². The second-order valence-electron chi connectivity index (χ2n) is 7.47. The summed E-state index contributed by atoms with van der Waals surface area (Å²) in [4.78, 5) is 28.4. The van der Waals surface area contributed by atoms with Gasteiger partial charge in [-0.15, -0.1) is 0 Å². The molecule has 1 amide bonds. The quantitative estimate of drug-likeness (QED) is 0.766. The number of likely N-dealkylation sites (N-methyl/N-ethyl adjacent to an activating group) is 1. The first-order valence-electron chi connectivity index (χ1n) is 9.96. The Morgan fingerprint density at radius 3 is 2.85 bits per heavy atom. The molecule has 142 valence electrons. The summed E-state index contributed by atoms with van der Waals surface area (Å²) in [6, 6.07) is 2.53. The van der Waals surface area contributed by atoms with E-state index in [4.69, 9.17) is 9.72 Å². The van der Waals surface area contributed by atoms with Gasteiger partial charge in [-0.25, -0.2) is 9.97 Å². The van der Waals surface area contributed by atoms with Crippen LogP contribution < -0.4 is 4.90 Å². The number of rotatable bonds is 6. The Bertz CT molecular complexity index is 630. The summed E-state index contributed by atoms with van der Waals surface area (Å²) in [5.74, 6) is 0.999. The maximum atomic E-state index is 12.7. The zero-order valence-electron chi connectivity index (χ0n) is 15.6. The van der Waals surface area contributed by atoms with Crippen LogP contribution >= 0.6 is 0 Å². The molecule has 1 aromatic rings. The van der Waals surface area contributed by atoms with Crippen molar-refractivity contribution in [3.8, 4) is 0 Å². The molecule has 7 heteroatoms. The Hall–Kier alpha value is -1.73. The van der Waals surface area contributed by atoms with E-state index in [2.05, 4.69) is 21.7 Å². The van der Waals surface area contributed by atoms with Crippen molar-refractivity contribution in [2.24, 2.45) is 0 Å². The molecule has 1 atom stereocenters. The van der Waals surface area contributed by atoms with Gasteiger partial charge in [0.05, 0.1) is 25.4 Å². The minimum absolute atomic E-state index is 0.159. The van der Waals surface area contributed by atoms with Crippen LogP contribution in [-0.4, -0.2) is 77.6 Å². The van der Waals surface area contributed by atoms with Crippen molar-refractivity contribution in [2.75, 3.05) is 50.8 Å². The molecule has 3 fully saturated rings. The van der Waals surface area contributed by atoms with Crippen molar-refractivity contribution in [3.63, 3.8) is 0 Å². The predicted octanol–water partition coefficient (Wildman–Crippen LogP) is 1.46. The summed E-state index contributed by atoms with van der Waals surface area (Å²) in [7, 11) is 0. The van der Waals surface area contributed by atoms with E-state index in [0.29, 0.717) is 32.3 Å². The minimum atomic E-state index is -0.159. The van der Waals surface area contributed by atoms with Crippen LogP contribution in [0, 0.1) is 0 Å². The van der Waals surface area contributed by atoms with Gasteiger partial charge in [-0.05, 0) is 38.3 Å². The number of nitrogens with zero attached hydrogens (tertiary/aromatic N) is 5. The Kier molecular flexibility index (Phi) is 5.36. The highest BCUT2D eigenvalue weighted by Crippen LogP contribution is 2.27. The van der Waals surface area contributed by atoms with Crippen molar-refractivity contribution < 1.29 is 9.53 Å². The molecule has 2 aliphatic heterocycles. The van der Waals surface area contributed by atoms with E-state index in [0.717, 1.165) is 31.3 Å². The maximum Gasteiger partial charge on any atom is 0.236 e. The standard InChI is InChI=1S/C19H29N5O2/c1-2-22(15-5-6-15)14-18(25)24-11-12-26-17(13-24)16-7-8-20-19(21-16)23-9-3-4-10-23/h7-8,15,17H,2-6,9-14H2,1H3. The Labute approximate surface area is 155 Å². The van der Waals surface area contributed by atoms with E-state index in [-0.39, 0.29) is 12.0 Å². The zero-order chi connectivity index (χ0) is 17.9. The summed E-state index contributed by atoms with van der Waals surface area (Å²) in [5, 5.41) is 0. The molecule has 2 saturated heterocycles. The minimum Gasteiger partial charge on any atom is -0.368 e. The smallest absolute Gasteiger partial charge is 0.236 e. The molecule has 0 N–H and O–H groups in total. The molecule has 7 nitrogen and oxygen atoms in total. The van der Waals surface area contributed by atoms with Crippen molar-refractivity contribution >= 4 is 11.9 Å². The van der Waals surface area contributed by atoms with Crippen molar-refractivity contribution in [1.29, 1.82) is 0 Å². The van der Waals surface area contributed by atoms with E-state index in [1.807, 2.05) is 17.2 Å². The first-order valence-corrected chi connectivity index (χ1v) is 9.96. The van der Waals surface area contributed by atoms with Crippen LogP contribution in [0.15, 0.2) is 12.3 Å². The molecular formula is C19H29N5O2. The molecule has 1 aromatic heterocycles. The van der Waals surface area contributed by atoms with Gasteiger partial charge in [0.15, 0.2) is 0 Å². The third kappa shape index (κ3) is 3.99. The summed E-state index contributed by atoms with van der Waals surface area (Å²) in [5.41, 5.74) is 0.883. The third-order valence-corrected chi connectivity index (χ3v) is 5.61. The first kappa shape index (κ1) is 17.7. The largest absolute Gasteiger partial charge is 0.368 e. The molecule has 0 aromatic carbocycles. The molecule has 3 heterocycles. The number of ether oxygens (including phenoxy) is 1. The lowest BCUT2D eigenvalue weighted by molar-refractivity contribution is -0.140. The van der Waals surface area contributed by atoms with Gasteiger partial charge in [0.2, 0.25) is 11.9 Å². The Balaban J connectivity index is 1.40. The molecule has 0 bridgehead atoms. The zero-order valence-corrected chi connectivity index (χ0v) is 15.6. The molecule has 26 heavy (non-hydrogen) atoms. The van der Waals surface area contributed by atoms with Gasteiger partial charge in [0.1, 0.15) is 6.10 Å². The molecule has 3 aliphatic rings. The van der Waals surface area contributed by atoms with Crippen molar-refractivity contribution in [3.05, 3.63) is 18.0 Å². The number of carbonyl (C=O) groups excluding carboxylic acids is 1. The highest BCUT2D eigenvalue weighted by atomic mass is 16.5. The van der Waals surface area contributed by atoms with Crippen molar-refractivity contribution in [2.45, 2.75) is 44.8 Å². The normalized spacial score (nSPS) is 23.7. The first-order chi connectivity index (χ1) is 12.7. The number of amides is 1. The van der Waals surface area contributed by atoms with Crippen LogP contribution in [0.3, 0.4) is 0 Å². The lowest BCUT2D eigenvalue weighted by Gasteiger charge is -2.34. The van der Waals surface area contributed by atoms with E-state index in [1.165, 1.54) is 25.7 Å². The molecular weight excluding hydrogens is 330 g/mol. The van der Waals surface area contributed by atoms with Crippen LogP contribution in [0.4, 0.5) is 5.95 Å². The molecule has 1 aliphatic carbocycles. The van der Waals surface area contributed by atoms with Crippen LogP contribution in [0.2, 0.25) is 0 Å². The SMILES string of the molecule is CCN(CC(=O)N1CCOC(c2ccnc(N3CCCC3)n2)C1)C1CC1. The number of carbonyl (C=O) groups is 1. The molecule has 1 saturated carbocycles. The van der Waals surface area contributed by atoms with E-state index in [1.54, 1.807) is 0 Å². The van der Waals surface area contributed by atoms with E-state index < -0.39 is 0 Å². The lowest BCUT2D eigenvalue weighted by Crippen LogP contribution is -2.47. The topological polar surface area (TPSA) is 61.8 Å². The molecule has 0 radical (unpaired) electrons. The predicted molar refractivity (Wildman–Crippen MR) is 99.0 cm³/mol. The lowest BCUT2D eigenvalue weighted by atomic mass is 10.2. The van der Waals surface area contributed by atoms with Crippen LogP contribution in [-0.2, 0) is 9.53 Å². The number of morpholine rings is 1. The van der Waals surface area contributed by atoms with Gasteiger partial charge >= 0.3 is 0 Å². The Morgan fingerprint density at radius 1 is 1.31 bits per heavy atom. The fourth-order valence-electron chi connectivity index (χ4n) is 3.88. The number of anilines is 1. The summed E-state index contributed by atoms with van der Waals surface area (Å²) in [6.07, 6.45) is 6.51. The highest BCUT2D eigenvalue weighted by molar-refractivity contribution is 5.78. The molecule has 4 rings (SSSR count). The summed E-state index contributed by atoms with van der Waals surface area (Å²) >= 11 is 0. The van der Waals surface area contributed by atoms with Gasteiger partial charge in [0, 0.05) is 31.9 Å². The fourth-order valence-corrected chi connectivity index (χ4v) is 3.88. The van der Waals surface area contributed by atoms with Crippen LogP contribution in [0.25, 0.3) is 0 Å². The van der Waals surface area contributed by atoms with Crippen molar-refractivity contribution in [1.82, 2.24) is 19.8 Å². The maximum absolute atomic E-state index is 12.7. The van der Waals surface area contributed by atoms with Gasteiger partial charge in [-0.1, -0.05) is 6.92 Å². The van der Waals surface area contributed by atoms with Gasteiger partial charge < -0.3 is 14.5 Å². The summed E-state index contributed by atoms with van der Waals surface area (Å²) in [6.45, 7) is 7.45. The molecule has 1 unspecified atom stereocenters. The molecule has 0 spiro atoms. The number of aromatic nitrogens is 2. The second-order valence-corrected chi connectivity index (χ2v) is 7.47. The van der Waals surface area contributed by atoms with Gasteiger partial charge in [0.25, 0.3) is 0 Å². The number of hydrogen-bond acceptors (Lipinski definition) is 6. The average Bonchev–Trinajstić information content (AvgIpc) is 3.39. The summed E-state index contributed by atoms with van der Waals surface area (Å²) < 4.78 is 5.94. The Morgan fingerprint density at radius 2 is 2.12 bits per heavy atom. The monoisotopic (exact) mass is 359 g/mol. The fraction of sp³-hybridized carbons (Fsp3) is 0.737. The van der Waals surface area contributed by atoms with E-state index in [9.17, 15) is 4.79 Å². The van der Waals surface area contributed by atoms with Crippen LogP contribution in [0.5, 0.6) is 0 Å².